The summed E-state index contributed by atoms with van der Waals surface area (Å²) in [6.45, 7) is 0. The predicted molar refractivity (Wildman–Crippen MR) is 103 cm³/mol. The molecule has 0 unspecified atom stereocenters. The highest BCUT2D eigenvalue weighted by atomic mass is 35.5. The van der Waals surface area contributed by atoms with Crippen molar-refractivity contribution in [2.75, 3.05) is 10.6 Å². The Morgan fingerprint density at radius 1 is 1.20 bits per heavy atom. The lowest BCUT2D eigenvalue weighted by atomic mass is 10.1. The Bertz CT molecular complexity index is 1130. The van der Waals surface area contributed by atoms with Crippen molar-refractivity contribution in [1.29, 1.82) is 0 Å². The van der Waals surface area contributed by atoms with E-state index in [0.29, 0.717) is 5.82 Å². The van der Waals surface area contributed by atoms with Crippen molar-refractivity contribution in [3.63, 3.8) is 0 Å². The summed E-state index contributed by atoms with van der Waals surface area (Å²) in [6, 6.07) is 11.1. The van der Waals surface area contributed by atoms with Gasteiger partial charge in [0.25, 0.3) is 5.91 Å². The van der Waals surface area contributed by atoms with Crippen LogP contribution in [-0.4, -0.2) is 26.6 Å². The average Bonchev–Trinajstić information content (AvgIpc) is 3.22. The molecule has 1 aliphatic rings. The first kappa shape index (κ1) is 19.9. The zero-order chi connectivity index (χ0) is 21.5. The molecule has 7 nitrogen and oxygen atoms in total. The van der Waals surface area contributed by atoms with Crippen LogP contribution in [0.5, 0.6) is 0 Å². The van der Waals surface area contributed by atoms with Gasteiger partial charge in [0, 0.05) is 11.3 Å². The third kappa shape index (κ3) is 3.86. The standard InChI is InChI=1S/C19H13ClF3N5O2/c20-13-7-6-11(8-12(13)19(21,22)23)24-15(29)9-14-17(30)26-18-25-16(27-28(14)18)10-4-2-1-3-5-10/h1-8,14H,9H2,(H,24,29)(H,25,26,27,30)/t14-/m1/s1. The number of hydrogen-bond acceptors (Lipinski definition) is 4. The van der Waals surface area contributed by atoms with Gasteiger partial charge in [0.2, 0.25) is 11.9 Å². The molecule has 0 fully saturated rings. The molecule has 1 aliphatic heterocycles. The van der Waals surface area contributed by atoms with Gasteiger partial charge in [0.1, 0.15) is 6.04 Å². The van der Waals surface area contributed by atoms with Gasteiger partial charge in [-0.25, -0.2) is 4.68 Å². The lowest BCUT2D eigenvalue weighted by molar-refractivity contribution is -0.137. The predicted octanol–water partition coefficient (Wildman–Crippen LogP) is 4.14. The van der Waals surface area contributed by atoms with Crippen molar-refractivity contribution in [1.82, 2.24) is 14.8 Å². The Kier molecular flexibility index (Phi) is 4.94. The summed E-state index contributed by atoms with van der Waals surface area (Å²) in [7, 11) is 0. The molecule has 0 saturated carbocycles. The number of amides is 2. The lowest BCUT2D eigenvalue weighted by Gasteiger charge is -2.13. The van der Waals surface area contributed by atoms with Crippen LogP contribution in [0.25, 0.3) is 11.4 Å². The van der Waals surface area contributed by atoms with Gasteiger partial charge in [-0.2, -0.15) is 18.2 Å². The number of nitrogens with zero attached hydrogens (tertiary/aromatic N) is 3. The average molecular weight is 436 g/mol. The topological polar surface area (TPSA) is 88.9 Å². The van der Waals surface area contributed by atoms with E-state index in [0.717, 1.165) is 17.7 Å². The number of carbonyl (C=O) groups is 2. The molecule has 2 heterocycles. The van der Waals surface area contributed by atoms with Crippen LogP contribution < -0.4 is 10.6 Å². The van der Waals surface area contributed by atoms with Gasteiger partial charge in [-0.3, -0.25) is 14.9 Å². The van der Waals surface area contributed by atoms with Gasteiger partial charge < -0.3 is 5.32 Å². The summed E-state index contributed by atoms with van der Waals surface area (Å²) in [5.74, 6) is -0.562. The smallest absolute Gasteiger partial charge is 0.326 e. The minimum atomic E-state index is -4.66. The van der Waals surface area contributed by atoms with Crippen LogP contribution in [0.4, 0.5) is 24.8 Å². The molecule has 2 aromatic carbocycles. The summed E-state index contributed by atoms with van der Waals surface area (Å²) >= 11 is 5.58. The number of alkyl halides is 3. The fourth-order valence-electron chi connectivity index (χ4n) is 3.03. The summed E-state index contributed by atoms with van der Waals surface area (Å²) < 4.78 is 40.3. The second-order valence-electron chi connectivity index (χ2n) is 6.52. The van der Waals surface area contributed by atoms with E-state index < -0.39 is 34.6 Å². The molecule has 0 aliphatic carbocycles. The first-order valence-corrected chi connectivity index (χ1v) is 9.09. The van der Waals surface area contributed by atoms with Crippen molar-refractivity contribution < 1.29 is 22.8 Å². The van der Waals surface area contributed by atoms with E-state index in [1.807, 2.05) is 18.2 Å². The molecule has 1 atom stereocenters. The Balaban J connectivity index is 1.51. The number of aromatic nitrogens is 3. The summed E-state index contributed by atoms with van der Waals surface area (Å²) in [5, 5.41) is 8.72. The molecule has 0 radical (unpaired) electrons. The van der Waals surface area contributed by atoms with E-state index in [2.05, 4.69) is 20.7 Å². The van der Waals surface area contributed by atoms with E-state index in [-0.39, 0.29) is 18.1 Å². The normalized spacial score (nSPS) is 15.6. The second kappa shape index (κ2) is 7.45. The Labute approximate surface area is 172 Å². The molecule has 2 N–H and O–H groups in total. The number of fused-ring (bicyclic) bond motifs is 1. The van der Waals surface area contributed by atoms with Gasteiger partial charge in [0.15, 0.2) is 5.82 Å². The van der Waals surface area contributed by atoms with Crippen LogP contribution in [0.3, 0.4) is 0 Å². The van der Waals surface area contributed by atoms with Gasteiger partial charge >= 0.3 is 6.18 Å². The van der Waals surface area contributed by atoms with E-state index in [1.54, 1.807) is 12.1 Å². The molecule has 11 heteroatoms. The van der Waals surface area contributed by atoms with Gasteiger partial charge in [-0.15, -0.1) is 5.10 Å². The number of carbonyl (C=O) groups excluding carboxylic acids is 2. The Hall–Kier alpha value is -3.40. The summed E-state index contributed by atoms with van der Waals surface area (Å²) in [4.78, 5) is 28.8. The fraction of sp³-hybridized carbons (Fsp3) is 0.158. The van der Waals surface area contributed by atoms with Gasteiger partial charge in [-0.1, -0.05) is 41.9 Å². The maximum Gasteiger partial charge on any atom is 0.417 e. The van der Waals surface area contributed by atoms with Crippen molar-refractivity contribution in [2.24, 2.45) is 0 Å². The molecule has 154 valence electrons. The third-order valence-electron chi connectivity index (χ3n) is 4.43. The van der Waals surface area contributed by atoms with Crippen molar-refractivity contribution in [3.05, 3.63) is 59.1 Å². The number of anilines is 2. The lowest BCUT2D eigenvalue weighted by Crippen LogP contribution is -2.24. The first-order chi connectivity index (χ1) is 14.2. The van der Waals surface area contributed by atoms with E-state index in [9.17, 15) is 22.8 Å². The number of rotatable bonds is 4. The highest BCUT2D eigenvalue weighted by Gasteiger charge is 2.36. The van der Waals surface area contributed by atoms with Crippen molar-refractivity contribution in [2.45, 2.75) is 18.6 Å². The molecule has 30 heavy (non-hydrogen) atoms. The molecule has 0 bridgehead atoms. The molecule has 2 amide bonds. The van der Waals surface area contributed by atoms with Crippen LogP contribution in [0.2, 0.25) is 5.02 Å². The van der Waals surface area contributed by atoms with Gasteiger partial charge in [-0.05, 0) is 18.2 Å². The quantitative estimate of drug-likeness (QED) is 0.644. The minimum absolute atomic E-state index is 0.0843. The van der Waals surface area contributed by atoms with E-state index in [4.69, 9.17) is 11.6 Å². The maximum atomic E-state index is 13.0. The van der Waals surface area contributed by atoms with Crippen molar-refractivity contribution >= 4 is 35.1 Å². The van der Waals surface area contributed by atoms with Crippen LogP contribution in [0, 0.1) is 0 Å². The third-order valence-corrected chi connectivity index (χ3v) is 4.76. The SMILES string of the molecule is O=C(C[C@@H]1C(=O)Nc2nc(-c3ccccc3)nn21)Nc1ccc(Cl)c(C(F)(F)F)c1. The van der Waals surface area contributed by atoms with Gasteiger partial charge in [0.05, 0.1) is 17.0 Å². The van der Waals surface area contributed by atoms with E-state index >= 15 is 0 Å². The van der Waals surface area contributed by atoms with Crippen LogP contribution in [0.1, 0.15) is 18.0 Å². The highest BCUT2D eigenvalue weighted by Crippen LogP contribution is 2.36. The number of nitrogens with one attached hydrogen (secondary N) is 2. The first-order valence-electron chi connectivity index (χ1n) is 8.72. The summed E-state index contributed by atoms with van der Waals surface area (Å²) in [5.41, 5.74) is -0.414. The van der Waals surface area contributed by atoms with Crippen LogP contribution in [-0.2, 0) is 15.8 Å². The highest BCUT2D eigenvalue weighted by molar-refractivity contribution is 6.31. The molecule has 0 saturated heterocycles. The Morgan fingerprint density at radius 2 is 1.93 bits per heavy atom. The molecular formula is C19H13ClF3N5O2. The number of hydrogen-bond donors (Lipinski definition) is 2. The number of halogens is 4. The largest absolute Gasteiger partial charge is 0.417 e. The zero-order valence-electron chi connectivity index (χ0n) is 15.1. The number of benzene rings is 2. The van der Waals surface area contributed by atoms with Crippen LogP contribution in [0.15, 0.2) is 48.5 Å². The molecule has 0 spiro atoms. The molecule has 4 rings (SSSR count). The zero-order valence-corrected chi connectivity index (χ0v) is 15.8. The summed E-state index contributed by atoms with van der Waals surface area (Å²) in [6.07, 6.45) is -4.99. The Morgan fingerprint density at radius 3 is 2.63 bits per heavy atom. The fourth-order valence-corrected chi connectivity index (χ4v) is 3.25. The van der Waals surface area contributed by atoms with Crippen molar-refractivity contribution in [3.8, 4) is 11.4 Å². The molecular weight excluding hydrogens is 423 g/mol. The van der Waals surface area contributed by atoms with Crippen LogP contribution >= 0.6 is 11.6 Å². The van der Waals surface area contributed by atoms with E-state index in [1.165, 1.54) is 10.7 Å². The maximum absolute atomic E-state index is 13.0. The molecule has 3 aromatic rings. The minimum Gasteiger partial charge on any atom is -0.326 e. The molecule has 1 aromatic heterocycles. The monoisotopic (exact) mass is 435 g/mol. The second-order valence-corrected chi connectivity index (χ2v) is 6.93.